The number of benzene rings is 2. The van der Waals surface area contributed by atoms with Crippen LogP contribution in [0, 0.1) is 18.6 Å². The zero-order chi connectivity index (χ0) is 20.7. The first kappa shape index (κ1) is 20.5. The predicted octanol–water partition coefficient (Wildman–Crippen LogP) is 5.86. The highest BCUT2D eigenvalue weighted by Crippen LogP contribution is 2.36. The summed E-state index contributed by atoms with van der Waals surface area (Å²) < 4.78 is 28.7. The van der Waals surface area contributed by atoms with E-state index in [1.54, 1.807) is 0 Å². The topological polar surface area (TPSA) is 59.3 Å². The lowest BCUT2D eigenvalue weighted by Gasteiger charge is -2.18. The Bertz CT molecular complexity index is 1190. The van der Waals surface area contributed by atoms with E-state index >= 15 is 0 Å². The van der Waals surface area contributed by atoms with E-state index in [0.717, 1.165) is 16.7 Å². The summed E-state index contributed by atoms with van der Waals surface area (Å²) in [6, 6.07) is 7.07. The Balaban J connectivity index is 2.43. The molecule has 1 N–H and O–H groups in total. The number of carboxylic acids is 1. The van der Waals surface area contributed by atoms with Crippen LogP contribution in [0.4, 0.5) is 8.78 Å². The average molecular weight is 489 g/mol. The zero-order valence-electron chi connectivity index (χ0n) is 14.1. The lowest BCUT2D eigenvalue weighted by molar-refractivity contribution is 0.0695. The maximum absolute atomic E-state index is 14.3. The number of aromatic carboxylic acids is 1. The van der Waals surface area contributed by atoms with Gasteiger partial charge in [-0.05, 0) is 52.7 Å². The van der Waals surface area contributed by atoms with Gasteiger partial charge in [0.2, 0.25) is 0 Å². The molecular formula is C19H10BrCl2F2NO3. The molecule has 0 aliphatic rings. The highest BCUT2D eigenvalue weighted by atomic mass is 79.9. The van der Waals surface area contributed by atoms with Gasteiger partial charge in [-0.25, -0.2) is 13.6 Å². The van der Waals surface area contributed by atoms with Gasteiger partial charge in [-0.2, -0.15) is 0 Å². The second kappa shape index (κ2) is 7.66. The van der Waals surface area contributed by atoms with E-state index in [-0.39, 0.29) is 31.5 Å². The molecule has 28 heavy (non-hydrogen) atoms. The van der Waals surface area contributed by atoms with E-state index < -0.39 is 28.7 Å². The molecule has 1 heterocycles. The SMILES string of the molecule is Cc1c(Br)c(-c2ccc(Cl)c(Cl)c2)c(C(=O)O)c(=O)n1-c1ccc(F)cc1F. The molecule has 0 amide bonds. The molecule has 1 aromatic heterocycles. The zero-order valence-corrected chi connectivity index (χ0v) is 17.2. The first-order valence-corrected chi connectivity index (χ1v) is 9.27. The maximum Gasteiger partial charge on any atom is 0.342 e. The fourth-order valence-electron chi connectivity index (χ4n) is 2.83. The van der Waals surface area contributed by atoms with Crippen molar-refractivity contribution in [2.75, 3.05) is 0 Å². The molecule has 0 spiro atoms. The van der Waals surface area contributed by atoms with Crippen molar-refractivity contribution in [1.29, 1.82) is 0 Å². The molecule has 2 aromatic carbocycles. The lowest BCUT2D eigenvalue weighted by atomic mass is 9.99. The van der Waals surface area contributed by atoms with Gasteiger partial charge < -0.3 is 5.11 Å². The molecule has 0 atom stereocenters. The van der Waals surface area contributed by atoms with Crippen molar-refractivity contribution in [3.8, 4) is 16.8 Å². The number of aromatic nitrogens is 1. The van der Waals surface area contributed by atoms with Crippen LogP contribution < -0.4 is 5.56 Å². The molecule has 4 nitrogen and oxygen atoms in total. The Labute approximate surface area is 176 Å². The minimum Gasteiger partial charge on any atom is -0.477 e. The molecule has 0 bridgehead atoms. The Morgan fingerprint density at radius 1 is 1.11 bits per heavy atom. The normalized spacial score (nSPS) is 10.9. The molecule has 0 aliphatic heterocycles. The van der Waals surface area contributed by atoms with Crippen LogP contribution in [0.1, 0.15) is 16.1 Å². The van der Waals surface area contributed by atoms with Gasteiger partial charge in [-0.15, -0.1) is 0 Å². The van der Waals surface area contributed by atoms with Gasteiger partial charge in [0, 0.05) is 21.8 Å². The first-order chi connectivity index (χ1) is 13.1. The summed E-state index contributed by atoms with van der Waals surface area (Å²) >= 11 is 15.2. The third-order valence-electron chi connectivity index (χ3n) is 4.11. The summed E-state index contributed by atoms with van der Waals surface area (Å²) in [5.74, 6) is -3.34. The molecule has 0 aliphatic carbocycles. The second-order valence-electron chi connectivity index (χ2n) is 5.82. The summed E-state index contributed by atoms with van der Waals surface area (Å²) in [7, 11) is 0. The predicted molar refractivity (Wildman–Crippen MR) is 107 cm³/mol. The van der Waals surface area contributed by atoms with Crippen LogP contribution in [-0.4, -0.2) is 15.6 Å². The summed E-state index contributed by atoms with van der Waals surface area (Å²) in [6.07, 6.45) is 0. The first-order valence-electron chi connectivity index (χ1n) is 7.72. The Morgan fingerprint density at radius 3 is 2.36 bits per heavy atom. The van der Waals surface area contributed by atoms with Gasteiger partial charge in [0.1, 0.15) is 17.2 Å². The number of halogens is 5. The molecule has 0 saturated heterocycles. The molecule has 0 unspecified atom stereocenters. The number of hydrogen-bond donors (Lipinski definition) is 1. The van der Waals surface area contributed by atoms with Crippen molar-refractivity contribution >= 4 is 45.1 Å². The van der Waals surface area contributed by atoms with E-state index in [1.165, 1.54) is 25.1 Å². The number of carboxylic acid groups (broad SMARTS) is 1. The third kappa shape index (κ3) is 3.45. The molecule has 144 valence electrons. The Kier molecular flexibility index (Phi) is 5.61. The third-order valence-corrected chi connectivity index (χ3v) is 5.82. The van der Waals surface area contributed by atoms with Crippen molar-refractivity contribution in [1.82, 2.24) is 4.57 Å². The van der Waals surface area contributed by atoms with Crippen LogP contribution in [-0.2, 0) is 0 Å². The molecular weight excluding hydrogens is 479 g/mol. The standard InChI is InChI=1S/C19H10BrCl2F2NO3/c1-8-17(20)15(9-2-4-11(21)12(22)6-9)16(19(27)28)18(26)25(8)14-5-3-10(23)7-13(14)24/h2-7H,1H3,(H,27,28). The van der Waals surface area contributed by atoms with Crippen LogP contribution in [0.3, 0.4) is 0 Å². The van der Waals surface area contributed by atoms with Crippen molar-refractivity contribution in [2.24, 2.45) is 0 Å². The molecule has 0 fully saturated rings. The van der Waals surface area contributed by atoms with Gasteiger partial charge in [0.05, 0.1) is 15.7 Å². The van der Waals surface area contributed by atoms with Crippen LogP contribution in [0.15, 0.2) is 45.7 Å². The average Bonchev–Trinajstić information content (AvgIpc) is 2.62. The van der Waals surface area contributed by atoms with Crippen LogP contribution in [0.2, 0.25) is 10.0 Å². The van der Waals surface area contributed by atoms with Gasteiger partial charge in [-0.1, -0.05) is 29.3 Å². The summed E-state index contributed by atoms with van der Waals surface area (Å²) in [6.45, 7) is 1.50. The van der Waals surface area contributed by atoms with Crippen LogP contribution >= 0.6 is 39.1 Å². The lowest BCUT2D eigenvalue weighted by Crippen LogP contribution is -2.29. The van der Waals surface area contributed by atoms with Gasteiger partial charge >= 0.3 is 5.97 Å². The quantitative estimate of drug-likeness (QED) is 0.502. The molecule has 9 heteroatoms. The number of pyridine rings is 1. The number of carbonyl (C=O) groups is 1. The monoisotopic (exact) mass is 487 g/mol. The van der Waals surface area contributed by atoms with Gasteiger partial charge in [0.25, 0.3) is 5.56 Å². The van der Waals surface area contributed by atoms with E-state index in [9.17, 15) is 23.5 Å². The summed E-state index contributed by atoms with van der Waals surface area (Å²) in [5.41, 5.74) is -1.20. The number of hydrogen-bond acceptors (Lipinski definition) is 2. The van der Waals surface area contributed by atoms with Crippen LogP contribution in [0.5, 0.6) is 0 Å². The fraction of sp³-hybridized carbons (Fsp3) is 0.0526. The highest BCUT2D eigenvalue weighted by Gasteiger charge is 2.26. The Morgan fingerprint density at radius 2 is 1.79 bits per heavy atom. The summed E-state index contributed by atoms with van der Waals surface area (Å²) in [4.78, 5) is 24.9. The van der Waals surface area contributed by atoms with E-state index in [4.69, 9.17) is 23.2 Å². The molecule has 3 rings (SSSR count). The molecule has 0 radical (unpaired) electrons. The minimum absolute atomic E-state index is 0.0762. The second-order valence-corrected chi connectivity index (χ2v) is 7.43. The van der Waals surface area contributed by atoms with E-state index in [1.807, 2.05) is 0 Å². The van der Waals surface area contributed by atoms with Crippen molar-refractivity contribution < 1.29 is 18.7 Å². The molecule has 0 saturated carbocycles. The summed E-state index contributed by atoms with van der Waals surface area (Å²) in [5, 5.41) is 10.1. The van der Waals surface area contributed by atoms with Gasteiger partial charge in [0.15, 0.2) is 0 Å². The van der Waals surface area contributed by atoms with E-state index in [0.29, 0.717) is 11.6 Å². The minimum atomic E-state index is -1.51. The van der Waals surface area contributed by atoms with E-state index in [2.05, 4.69) is 15.9 Å². The largest absolute Gasteiger partial charge is 0.477 e. The van der Waals surface area contributed by atoms with Crippen molar-refractivity contribution in [3.05, 3.63) is 84.2 Å². The smallest absolute Gasteiger partial charge is 0.342 e. The van der Waals surface area contributed by atoms with Gasteiger partial charge in [-0.3, -0.25) is 9.36 Å². The number of rotatable bonds is 3. The maximum atomic E-state index is 14.3. The molecule has 3 aromatic rings. The fourth-order valence-corrected chi connectivity index (χ4v) is 3.74. The number of nitrogens with zero attached hydrogens (tertiary/aromatic N) is 1. The van der Waals surface area contributed by atoms with Crippen LogP contribution in [0.25, 0.3) is 16.8 Å². The Hall–Kier alpha value is -2.22. The van der Waals surface area contributed by atoms with Crippen molar-refractivity contribution in [3.63, 3.8) is 0 Å². The van der Waals surface area contributed by atoms with Crippen molar-refractivity contribution in [2.45, 2.75) is 6.92 Å². The highest BCUT2D eigenvalue weighted by molar-refractivity contribution is 9.10.